The molecule has 0 aliphatic heterocycles. The van der Waals surface area contributed by atoms with Crippen LogP contribution >= 0.6 is 0 Å². The minimum Gasteiger partial charge on any atom is -0.350 e. The molecule has 0 aliphatic rings. The highest BCUT2D eigenvalue weighted by Crippen LogP contribution is 2.17. The fraction of sp³-hybridized carbons (Fsp3) is 0.350. The van der Waals surface area contributed by atoms with Crippen LogP contribution < -0.4 is 5.32 Å². The van der Waals surface area contributed by atoms with Gasteiger partial charge in [-0.15, -0.1) is 0 Å². The monoisotopic (exact) mass is 351 g/mol. The van der Waals surface area contributed by atoms with Crippen molar-refractivity contribution in [1.29, 1.82) is 0 Å². The number of aromatic nitrogens is 4. The minimum absolute atomic E-state index is 0.0144. The molecular formula is C20H25N5O. The standard InChI is InChI=1S/C20H25N5O/c1-14(2)19-22-10-11-24(19)15(3)20(26)23-13-17-5-7-18(8-6-17)25-12-9-21-16(25)4/h5-12,14-15H,13H2,1-4H3,(H,23,26)/t15-/m0/s1. The molecule has 6 heteroatoms. The number of hydrogen-bond donors (Lipinski definition) is 1. The van der Waals surface area contributed by atoms with E-state index in [0.29, 0.717) is 6.54 Å². The number of nitrogens with one attached hydrogen (secondary N) is 1. The zero-order valence-corrected chi connectivity index (χ0v) is 15.7. The summed E-state index contributed by atoms with van der Waals surface area (Å²) in [5.41, 5.74) is 2.12. The average molecular weight is 351 g/mol. The summed E-state index contributed by atoms with van der Waals surface area (Å²) in [6, 6.07) is 7.83. The van der Waals surface area contributed by atoms with Crippen LogP contribution in [0.4, 0.5) is 0 Å². The highest BCUT2D eigenvalue weighted by molar-refractivity contribution is 5.80. The largest absolute Gasteiger partial charge is 0.350 e. The summed E-state index contributed by atoms with van der Waals surface area (Å²) < 4.78 is 3.96. The molecule has 1 N–H and O–H groups in total. The first-order valence-corrected chi connectivity index (χ1v) is 8.87. The number of carbonyl (C=O) groups excluding carboxylic acids is 1. The third-order valence-electron chi connectivity index (χ3n) is 4.52. The molecule has 1 atom stereocenters. The fourth-order valence-corrected chi connectivity index (χ4v) is 2.99. The highest BCUT2D eigenvalue weighted by Gasteiger charge is 2.18. The van der Waals surface area contributed by atoms with Crippen LogP contribution in [-0.4, -0.2) is 25.0 Å². The van der Waals surface area contributed by atoms with Gasteiger partial charge in [-0.05, 0) is 31.5 Å². The van der Waals surface area contributed by atoms with Crippen molar-refractivity contribution in [2.75, 3.05) is 0 Å². The van der Waals surface area contributed by atoms with Gasteiger partial charge in [-0.25, -0.2) is 9.97 Å². The molecule has 1 aromatic carbocycles. The van der Waals surface area contributed by atoms with Crippen LogP contribution in [0.5, 0.6) is 0 Å². The van der Waals surface area contributed by atoms with Gasteiger partial charge in [0.2, 0.25) is 5.91 Å². The Morgan fingerprint density at radius 3 is 2.38 bits per heavy atom. The van der Waals surface area contributed by atoms with Gasteiger partial charge in [-0.1, -0.05) is 26.0 Å². The quantitative estimate of drug-likeness (QED) is 0.740. The van der Waals surface area contributed by atoms with Gasteiger partial charge in [-0.3, -0.25) is 4.79 Å². The summed E-state index contributed by atoms with van der Waals surface area (Å²) in [7, 11) is 0. The first-order valence-electron chi connectivity index (χ1n) is 8.87. The zero-order valence-electron chi connectivity index (χ0n) is 15.7. The normalized spacial score (nSPS) is 12.3. The van der Waals surface area contributed by atoms with Crippen LogP contribution in [0.25, 0.3) is 5.69 Å². The molecule has 6 nitrogen and oxygen atoms in total. The zero-order chi connectivity index (χ0) is 18.7. The molecule has 0 radical (unpaired) electrons. The second-order valence-electron chi connectivity index (χ2n) is 6.75. The Bertz CT molecular complexity index is 876. The predicted octanol–water partition coefficient (Wildman–Crippen LogP) is 3.38. The molecule has 0 bridgehead atoms. The topological polar surface area (TPSA) is 64.7 Å². The third-order valence-corrected chi connectivity index (χ3v) is 4.52. The van der Waals surface area contributed by atoms with Gasteiger partial charge in [-0.2, -0.15) is 0 Å². The van der Waals surface area contributed by atoms with E-state index in [1.807, 2.05) is 59.6 Å². The summed E-state index contributed by atoms with van der Waals surface area (Å²) in [5.74, 6) is 2.13. The van der Waals surface area contributed by atoms with E-state index < -0.39 is 0 Å². The number of rotatable bonds is 6. The molecule has 3 rings (SSSR count). The fourth-order valence-electron chi connectivity index (χ4n) is 2.99. The maximum absolute atomic E-state index is 12.5. The van der Waals surface area contributed by atoms with Crippen molar-refractivity contribution in [2.24, 2.45) is 0 Å². The van der Waals surface area contributed by atoms with Gasteiger partial charge in [0, 0.05) is 42.9 Å². The van der Waals surface area contributed by atoms with Crippen LogP contribution in [0.3, 0.4) is 0 Å². The number of amides is 1. The van der Waals surface area contributed by atoms with Crippen LogP contribution in [0.2, 0.25) is 0 Å². The number of hydrogen-bond acceptors (Lipinski definition) is 3. The Balaban J connectivity index is 1.62. The number of benzene rings is 1. The van der Waals surface area contributed by atoms with Crippen LogP contribution in [-0.2, 0) is 11.3 Å². The molecule has 2 heterocycles. The van der Waals surface area contributed by atoms with E-state index in [1.165, 1.54) is 0 Å². The van der Waals surface area contributed by atoms with Crippen LogP contribution in [0.1, 0.15) is 49.9 Å². The van der Waals surface area contributed by atoms with Crippen LogP contribution in [0.15, 0.2) is 49.1 Å². The van der Waals surface area contributed by atoms with E-state index in [1.54, 1.807) is 12.4 Å². The van der Waals surface area contributed by atoms with E-state index in [9.17, 15) is 4.79 Å². The number of carbonyl (C=O) groups is 1. The summed E-state index contributed by atoms with van der Waals surface area (Å²) >= 11 is 0. The third kappa shape index (κ3) is 3.69. The molecule has 1 amide bonds. The second kappa shape index (κ2) is 7.56. The number of nitrogens with zero attached hydrogens (tertiary/aromatic N) is 4. The lowest BCUT2D eigenvalue weighted by atomic mass is 10.1. The molecule has 0 aliphatic carbocycles. The van der Waals surface area contributed by atoms with Crippen molar-refractivity contribution < 1.29 is 4.79 Å². The SMILES string of the molecule is Cc1nccn1-c1ccc(CNC(=O)[C@H](C)n2ccnc2C(C)C)cc1. The number of imidazole rings is 2. The molecule has 0 unspecified atom stereocenters. The van der Waals surface area contributed by atoms with Crippen LogP contribution in [0, 0.1) is 6.92 Å². The van der Waals surface area contributed by atoms with Gasteiger partial charge >= 0.3 is 0 Å². The predicted molar refractivity (Wildman–Crippen MR) is 101 cm³/mol. The lowest BCUT2D eigenvalue weighted by Gasteiger charge is -2.18. The Hall–Kier alpha value is -2.89. The maximum atomic E-state index is 12.5. The average Bonchev–Trinajstić information content (AvgIpc) is 3.28. The van der Waals surface area contributed by atoms with Gasteiger partial charge in [0.05, 0.1) is 0 Å². The highest BCUT2D eigenvalue weighted by atomic mass is 16.2. The molecule has 0 saturated heterocycles. The van der Waals surface area contributed by atoms with E-state index >= 15 is 0 Å². The molecule has 3 aromatic rings. The summed E-state index contributed by atoms with van der Waals surface area (Å²) in [5, 5.41) is 3.01. The summed E-state index contributed by atoms with van der Waals surface area (Å²) in [4.78, 5) is 21.1. The first-order chi connectivity index (χ1) is 12.5. The summed E-state index contributed by atoms with van der Waals surface area (Å²) in [6.45, 7) is 8.52. The lowest BCUT2D eigenvalue weighted by molar-refractivity contribution is -0.124. The van der Waals surface area contributed by atoms with Crippen molar-refractivity contribution in [3.05, 3.63) is 66.3 Å². The molecule has 0 spiro atoms. The van der Waals surface area contributed by atoms with E-state index in [2.05, 4.69) is 29.1 Å². The smallest absolute Gasteiger partial charge is 0.243 e. The van der Waals surface area contributed by atoms with Crippen molar-refractivity contribution in [2.45, 2.75) is 46.2 Å². The maximum Gasteiger partial charge on any atom is 0.243 e. The van der Waals surface area contributed by atoms with E-state index in [0.717, 1.165) is 22.9 Å². The Morgan fingerprint density at radius 1 is 1.08 bits per heavy atom. The van der Waals surface area contributed by atoms with Gasteiger partial charge in [0.25, 0.3) is 0 Å². The molecule has 0 fully saturated rings. The van der Waals surface area contributed by atoms with Gasteiger partial charge < -0.3 is 14.5 Å². The van der Waals surface area contributed by atoms with Crippen molar-refractivity contribution >= 4 is 5.91 Å². The molecule has 136 valence electrons. The Morgan fingerprint density at radius 2 is 1.77 bits per heavy atom. The number of aryl methyl sites for hydroxylation is 1. The van der Waals surface area contributed by atoms with E-state index in [4.69, 9.17) is 0 Å². The van der Waals surface area contributed by atoms with Crippen molar-refractivity contribution in [3.8, 4) is 5.69 Å². The van der Waals surface area contributed by atoms with E-state index in [-0.39, 0.29) is 17.9 Å². The van der Waals surface area contributed by atoms with Gasteiger partial charge in [0.15, 0.2) is 0 Å². The molecular weight excluding hydrogens is 326 g/mol. The molecule has 2 aromatic heterocycles. The van der Waals surface area contributed by atoms with Gasteiger partial charge in [0.1, 0.15) is 17.7 Å². The molecule has 26 heavy (non-hydrogen) atoms. The van der Waals surface area contributed by atoms with Crippen molar-refractivity contribution in [1.82, 2.24) is 24.4 Å². The first kappa shape index (κ1) is 17.9. The Kier molecular flexibility index (Phi) is 5.21. The lowest BCUT2D eigenvalue weighted by Crippen LogP contribution is -2.31. The Labute approximate surface area is 153 Å². The van der Waals surface area contributed by atoms with Crippen molar-refractivity contribution in [3.63, 3.8) is 0 Å². The minimum atomic E-state index is -0.289. The molecule has 0 saturated carbocycles. The summed E-state index contributed by atoms with van der Waals surface area (Å²) in [6.07, 6.45) is 7.33. The second-order valence-corrected chi connectivity index (χ2v) is 6.75.